The zero-order valence-electron chi connectivity index (χ0n) is 13.1. The molecule has 2 rings (SSSR count). The second-order valence-electron chi connectivity index (χ2n) is 5.11. The molecule has 0 atom stereocenters. The van der Waals surface area contributed by atoms with E-state index in [2.05, 4.69) is 20.8 Å². The quantitative estimate of drug-likeness (QED) is 0.624. The monoisotopic (exact) mass is 344 g/mol. The van der Waals surface area contributed by atoms with E-state index in [1.807, 2.05) is 6.07 Å². The van der Waals surface area contributed by atoms with E-state index in [1.54, 1.807) is 49.6 Å². The Balaban J connectivity index is 1.79. The Morgan fingerprint density at radius 3 is 2.62 bits per heavy atom. The van der Waals surface area contributed by atoms with Crippen molar-refractivity contribution in [1.29, 1.82) is 0 Å². The molecule has 0 aliphatic heterocycles. The largest absolute Gasteiger partial charge is 0.352 e. The van der Waals surface area contributed by atoms with Crippen molar-refractivity contribution in [3.63, 3.8) is 0 Å². The first kappa shape index (κ1) is 17.6. The summed E-state index contributed by atoms with van der Waals surface area (Å²) in [6, 6.07) is 10.1. The Bertz CT molecular complexity index is 730. The minimum Gasteiger partial charge on any atom is -0.352 e. The highest BCUT2D eigenvalue weighted by Gasteiger charge is 2.06. The third-order valence-electron chi connectivity index (χ3n) is 3.08. The number of amides is 2. The molecule has 0 saturated heterocycles. The van der Waals surface area contributed by atoms with Gasteiger partial charge in [-0.25, -0.2) is 5.43 Å². The van der Waals surface area contributed by atoms with Gasteiger partial charge in [-0.2, -0.15) is 5.10 Å². The Kier molecular flexibility index (Phi) is 6.45. The number of hydrogen-bond donors (Lipinski definition) is 2. The average Bonchev–Trinajstić information content (AvgIpc) is 2.59. The Hall–Kier alpha value is -2.73. The van der Waals surface area contributed by atoms with Gasteiger partial charge in [0.15, 0.2) is 0 Å². The highest BCUT2D eigenvalue weighted by atomic mass is 35.5. The van der Waals surface area contributed by atoms with Crippen LogP contribution in [0.25, 0.3) is 0 Å². The van der Waals surface area contributed by atoms with Crippen LogP contribution in [0.5, 0.6) is 0 Å². The maximum Gasteiger partial charge on any atom is 0.271 e. The van der Waals surface area contributed by atoms with Crippen LogP contribution in [0.2, 0.25) is 5.02 Å². The second-order valence-corrected chi connectivity index (χ2v) is 5.55. The summed E-state index contributed by atoms with van der Waals surface area (Å²) >= 11 is 5.77. The van der Waals surface area contributed by atoms with Gasteiger partial charge in [-0.05, 0) is 42.8 Å². The van der Waals surface area contributed by atoms with Crippen molar-refractivity contribution in [3.05, 3.63) is 64.9 Å². The maximum atomic E-state index is 11.9. The van der Waals surface area contributed by atoms with Crippen LogP contribution >= 0.6 is 11.6 Å². The average molecular weight is 345 g/mol. The molecule has 7 heteroatoms. The van der Waals surface area contributed by atoms with Crippen molar-refractivity contribution in [2.45, 2.75) is 19.9 Å². The fourth-order valence-electron chi connectivity index (χ4n) is 1.85. The lowest BCUT2D eigenvalue weighted by molar-refractivity contribution is -0.120. The smallest absolute Gasteiger partial charge is 0.271 e. The topological polar surface area (TPSA) is 83.4 Å². The number of halogens is 1. The number of nitrogens with zero attached hydrogens (tertiary/aromatic N) is 2. The molecule has 24 heavy (non-hydrogen) atoms. The van der Waals surface area contributed by atoms with E-state index in [0.717, 1.165) is 5.56 Å². The summed E-state index contributed by atoms with van der Waals surface area (Å²) in [5.41, 5.74) is 4.27. The van der Waals surface area contributed by atoms with E-state index in [1.165, 1.54) is 0 Å². The van der Waals surface area contributed by atoms with Crippen LogP contribution < -0.4 is 10.7 Å². The highest BCUT2D eigenvalue weighted by Crippen LogP contribution is 2.09. The molecule has 0 radical (unpaired) electrons. The summed E-state index contributed by atoms with van der Waals surface area (Å²) in [5.74, 6) is -0.539. The van der Waals surface area contributed by atoms with Gasteiger partial charge < -0.3 is 5.32 Å². The number of carbonyl (C=O) groups is 2. The zero-order chi connectivity index (χ0) is 17.4. The van der Waals surface area contributed by atoms with E-state index in [4.69, 9.17) is 11.6 Å². The van der Waals surface area contributed by atoms with Gasteiger partial charge in [0.1, 0.15) is 0 Å². The predicted molar refractivity (Wildman–Crippen MR) is 92.7 cm³/mol. The number of aromatic nitrogens is 1. The Morgan fingerprint density at radius 1 is 1.21 bits per heavy atom. The van der Waals surface area contributed by atoms with Crippen molar-refractivity contribution in [3.8, 4) is 0 Å². The van der Waals surface area contributed by atoms with Gasteiger partial charge in [-0.15, -0.1) is 0 Å². The molecule has 124 valence electrons. The SMILES string of the molecule is CC(CC(=O)NCc1cccnc1)=NNC(=O)c1ccc(Cl)cc1. The maximum absolute atomic E-state index is 11.9. The number of carbonyl (C=O) groups excluding carboxylic acids is 2. The van der Waals surface area contributed by atoms with Gasteiger partial charge in [-0.1, -0.05) is 17.7 Å². The Labute approximate surface area is 144 Å². The first-order valence-electron chi connectivity index (χ1n) is 7.29. The number of benzene rings is 1. The summed E-state index contributed by atoms with van der Waals surface area (Å²) < 4.78 is 0. The van der Waals surface area contributed by atoms with Gasteiger partial charge in [0.2, 0.25) is 5.91 Å². The van der Waals surface area contributed by atoms with Crippen LogP contribution in [0.15, 0.2) is 53.9 Å². The van der Waals surface area contributed by atoms with Crippen molar-refractivity contribution >= 4 is 29.1 Å². The molecule has 1 heterocycles. The molecule has 1 aromatic heterocycles. The molecule has 0 aliphatic rings. The molecule has 2 aromatic rings. The molecule has 0 unspecified atom stereocenters. The fourth-order valence-corrected chi connectivity index (χ4v) is 1.98. The van der Waals surface area contributed by atoms with Crippen LogP contribution in [0.4, 0.5) is 0 Å². The summed E-state index contributed by atoms with van der Waals surface area (Å²) in [4.78, 5) is 27.7. The van der Waals surface area contributed by atoms with Gasteiger partial charge in [0, 0.05) is 35.2 Å². The Morgan fingerprint density at radius 2 is 1.96 bits per heavy atom. The highest BCUT2D eigenvalue weighted by molar-refractivity contribution is 6.30. The van der Waals surface area contributed by atoms with Crippen molar-refractivity contribution < 1.29 is 9.59 Å². The lowest BCUT2D eigenvalue weighted by Gasteiger charge is -2.05. The molecule has 2 amide bonds. The van der Waals surface area contributed by atoms with E-state index in [-0.39, 0.29) is 18.2 Å². The number of rotatable bonds is 6. The van der Waals surface area contributed by atoms with Gasteiger partial charge in [0.05, 0.1) is 6.42 Å². The molecular formula is C17H17ClN4O2. The molecule has 6 nitrogen and oxygen atoms in total. The van der Waals surface area contributed by atoms with Crippen LogP contribution in [-0.4, -0.2) is 22.5 Å². The first-order valence-corrected chi connectivity index (χ1v) is 7.67. The number of nitrogens with one attached hydrogen (secondary N) is 2. The lowest BCUT2D eigenvalue weighted by atomic mass is 10.2. The first-order chi connectivity index (χ1) is 11.5. The predicted octanol–water partition coefficient (Wildman–Crippen LogP) is 2.55. The van der Waals surface area contributed by atoms with E-state index < -0.39 is 0 Å². The van der Waals surface area contributed by atoms with Crippen LogP contribution in [0.1, 0.15) is 29.3 Å². The van der Waals surface area contributed by atoms with E-state index >= 15 is 0 Å². The summed E-state index contributed by atoms with van der Waals surface area (Å²) in [6.45, 7) is 2.07. The lowest BCUT2D eigenvalue weighted by Crippen LogP contribution is -2.26. The number of hydrogen-bond acceptors (Lipinski definition) is 4. The minimum absolute atomic E-state index is 0.0984. The van der Waals surface area contributed by atoms with Crippen molar-refractivity contribution in [2.75, 3.05) is 0 Å². The summed E-state index contributed by atoms with van der Waals surface area (Å²) in [5, 5.41) is 7.25. The molecule has 0 aliphatic carbocycles. The molecule has 0 saturated carbocycles. The van der Waals surface area contributed by atoms with Crippen LogP contribution in [0.3, 0.4) is 0 Å². The fraction of sp³-hybridized carbons (Fsp3) is 0.176. The third-order valence-corrected chi connectivity index (χ3v) is 3.34. The normalized spacial score (nSPS) is 11.0. The van der Waals surface area contributed by atoms with Gasteiger partial charge >= 0.3 is 0 Å². The molecule has 0 spiro atoms. The number of pyridine rings is 1. The zero-order valence-corrected chi connectivity index (χ0v) is 13.9. The molecule has 0 fully saturated rings. The molecular weight excluding hydrogens is 328 g/mol. The van der Waals surface area contributed by atoms with Crippen molar-refractivity contribution in [2.24, 2.45) is 5.10 Å². The molecule has 1 aromatic carbocycles. The van der Waals surface area contributed by atoms with Gasteiger partial charge in [0.25, 0.3) is 5.91 Å². The van der Waals surface area contributed by atoms with Crippen LogP contribution in [-0.2, 0) is 11.3 Å². The minimum atomic E-state index is -0.359. The molecule has 2 N–H and O–H groups in total. The number of hydrazone groups is 1. The van der Waals surface area contributed by atoms with Crippen molar-refractivity contribution in [1.82, 2.24) is 15.7 Å². The third kappa shape index (κ3) is 5.81. The van der Waals surface area contributed by atoms with E-state index in [9.17, 15) is 9.59 Å². The standard InChI is InChI=1S/C17H17ClN4O2/c1-12(9-16(23)20-11-13-3-2-8-19-10-13)21-22-17(24)14-4-6-15(18)7-5-14/h2-8,10H,9,11H2,1H3,(H,20,23)(H,22,24). The van der Waals surface area contributed by atoms with E-state index in [0.29, 0.717) is 22.8 Å². The van der Waals surface area contributed by atoms with Crippen LogP contribution in [0, 0.1) is 0 Å². The summed E-state index contributed by atoms with van der Waals surface area (Å²) in [6.07, 6.45) is 3.46. The summed E-state index contributed by atoms with van der Waals surface area (Å²) in [7, 11) is 0. The second kappa shape index (κ2) is 8.79. The molecule has 0 bridgehead atoms. The van der Waals surface area contributed by atoms with Gasteiger partial charge in [-0.3, -0.25) is 14.6 Å².